The Balaban J connectivity index is 1.61. The van der Waals surface area contributed by atoms with Crippen LogP contribution in [0.25, 0.3) is 33.4 Å². The van der Waals surface area contributed by atoms with Crippen LogP contribution in [0.4, 0.5) is 5.82 Å². The van der Waals surface area contributed by atoms with Crippen molar-refractivity contribution in [1.82, 2.24) is 15.0 Å². The summed E-state index contributed by atoms with van der Waals surface area (Å²) in [5, 5.41) is 4.59. The normalized spacial score (nSPS) is 13.4. The second-order valence-electron chi connectivity index (χ2n) is 7.43. The van der Waals surface area contributed by atoms with Gasteiger partial charge in [0.2, 0.25) is 0 Å². The molecular weight excluding hydrogens is 360 g/mol. The molecule has 1 N–H and O–H groups in total. The molecule has 0 bridgehead atoms. The molecule has 0 atom stereocenters. The maximum atomic E-state index is 5.38. The SMILES string of the molecule is COc1cccc(-c2ccc3nc(-c4cccnc4)nc(NCC4CC4)c3c2)c1. The average molecular weight is 382 g/mol. The summed E-state index contributed by atoms with van der Waals surface area (Å²) in [4.78, 5) is 13.9. The first-order valence-corrected chi connectivity index (χ1v) is 9.90. The lowest BCUT2D eigenvalue weighted by atomic mass is 10.0. The van der Waals surface area contributed by atoms with Crippen molar-refractivity contribution in [3.63, 3.8) is 0 Å². The van der Waals surface area contributed by atoms with Gasteiger partial charge in [-0.1, -0.05) is 18.2 Å². The second-order valence-corrected chi connectivity index (χ2v) is 7.43. The molecule has 0 spiro atoms. The van der Waals surface area contributed by atoms with E-state index in [4.69, 9.17) is 14.7 Å². The largest absolute Gasteiger partial charge is 0.497 e. The topological polar surface area (TPSA) is 59.9 Å². The molecule has 144 valence electrons. The van der Waals surface area contributed by atoms with E-state index in [0.29, 0.717) is 5.82 Å². The van der Waals surface area contributed by atoms with Gasteiger partial charge in [0.15, 0.2) is 5.82 Å². The highest BCUT2D eigenvalue weighted by Crippen LogP contribution is 2.33. The first-order valence-electron chi connectivity index (χ1n) is 9.90. The molecule has 2 heterocycles. The highest BCUT2D eigenvalue weighted by molar-refractivity contribution is 5.94. The van der Waals surface area contributed by atoms with Gasteiger partial charge in [0.05, 0.1) is 12.6 Å². The minimum atomic E-state index is 0.693. The van der Waals surface area contributed by atoms with E-state index in [2.05, 4.69) is 34.6 Å². The smallest absolute Gasteiger partial charge is 0.163 e. The third-order valence-corrected chi connectivity index (χ3v) is 5.27. The molecule has 1 fully saturated rings. The number of hydrogen-bond donors (Lipinski definition) is 1. The molecule has 5 heteroatoms. The van der Waals surface area contributed by atoms with E-state index in [0.717, 1.165) is 51.6 Å². The highest BCUT2D eigenvalue weighted by Gasteiger charge is 2.21. The molecule has 29 heavy (non-hydrogen) atoms. The predicted octanol–water partition coefficient (Wildman–Crippen LogP) is 5.19. The summed E-state index contributed by atoms with van der Waals surface area (Å²) in [5.74, 6) is 3.17. The van der Waals surface area contributed by atoms with Gasteiger partial charge in [-0.2, -0.15) is 0 Å². The molecular formula is C24H22N4O. The molecule has 1 aliphatic rings. The summed E-state index contributed by atoms with van der Waals surface area (Å²) in [6.07, 6.45) is 6.15. The number of methoxy groups -OCH3 is 1. The van der Waals surface area contributed by atoms with E-state index >= 15 is 0 Å². The Morgan fingerprint density at radius 3 is 2.62 bits per heavy atom. The quantitative estimate of drug-likeness (QED) is 0.497. The van der Waals surface area contributed by atoms with E-state index in [1.54, 1.807) is 19.5 Å². The molecule has 4 aromatic rings. The number of hydrogen-bond acceptors (Lipinski definition) is 5. The molecule has 2 aromatic heterocycles. The third-order valence-electron chi connectivity index (χ3n) is 5.27. The zero-order valence-electron chi connectivity index (χ0n) is 16.3. The number of aromatic nitrogens is 3. The van der Waals surface area contributed by atoms with E-state index < -0.39 is 0 Å². The van der Waals surface area contributed by atoms with Crippen molar-refractivity contribution in [3.8, 4) is 28.3 Å². The van der Waals surface area contributed by atoms with Crippen LogP contribution in [-0.2, 0) is 0 Å². The summed E-state index contributed by atoms with van der Waals surface area (Å²) in [7, 11) is 1.69. The van der Waals surface area contributed by atoms with Crippen LogP contribution in [0, 0.1) is 5.92 Å². The Labute approximate surface area is 169 Å². The van der Waals surface area contributed by atoms with Crippen molar-refractivity contribution >= 4 is 16.7 Å². The van der Waals surface area contributed by atoms with Gasteiger partial charge in [-0.25, -0.2) is 9.97 Å². The summed E-state index contributed by atoms with van der Waals surface area (Å²) in [6, 6.07) is 18.3. The van der Waals surface area contributed by atoms with Crippen LogP contribution in [0.5, 0.6) is 5.75 Å². The maximum absolute atomic E-state index is 5.38. The predicted molar refractivity (Wildman–Crippen MR) is 116 cm³/mol. The van der Waals surface area contributed by atoms with Crippen LogP contribution < -0.4 is 10.1 Å². The van der Waals surface area contributed by atoms with Gasteiger partial charge in [0, 0.05) is 29.9 Å². The van der Waals surface area contributed by atoms with Gasteiger partial charge < -0.3 is 10.1 Å². The third kappa shape index (κ3) is 3.76. The fourth-order valence-corrected chi connectivity index (χ4v) is 3.43. The van der Waals surface area contributed by atoms with Crippen molar-refractivity contribution in [2.24, 2.45) is 5.92 Å². The first-order chi connectivity index (χ1) is 14.3. The van der Waals surface area contributed by atoms with Crippen LogP contribution in [0.15, 0.2) is 67.0 Å². The van der Waals surface area contributed by atoms with Crippen molar-refractivity contribution in [1.29, 1.82) is 0 Å². The Kier molecular flexibility index (Phi) is 4.56. The highest BCUT2D eigenvalue weighted by atomic mass is 16.5. The van der Waals surface area contributed by atoms with E-state index in [-0.39, 0.29) is 0 Å². The fraction of sp³-hybridized carbons (Fsp3) is 0.208. The lowest BCUT2D eigenvalue weighted by Crippen LogP contribution is -2.07. The van der Waals surface area contributed by atoms with Gasteiger partial charge in [0.1, 0.15) is 11.6 Å². The summed E-state index contributed by atoms with van der Waals surface area (Å²) in [5.41, 5.74) is 4.06. The van der Waals surface area contributed by atoms with Crippen LogP contribution in [0.3, 0.4) is 0 Å². The first kappa shape index (κ1) is 17.6. The number of anilines is 1. The zero-order chi connectivity index (χ0) is 19.6. The maximum Gasteiger partial charge on any atom is 0.163 e. The molecule has 0 unspecified atom stereocenters. The van der Waals surface area contributed by atoms with Crippen LogP contribution >= 0.6 is 0 Å². The number of nitrogens with zero attached hydrogens (tertiary/aromatic N) is 3. The Hall–Kier alpha value is -3.47. The van der Waals surface area contributed by atoms with Crippen molar-refractivity contribution in [2.45, 2.75) is 12.8 Å². The lowest BCUT2D eigenvalue weighted by Gasteiger charge is -2.12. The minimum Gasteiger partial charge on any atom is -0.497 e. The van der Waals surface area contributed by atoms with Gasteiger partial charge in [-0.15, -0.1) is 0 Å². The summed E-state index contributed by atoms with van der Waals surface area (Å²) < 4.78 is 5.38. The molecule has 5 rings (SSSR count). The molecule has 1 saturated carbocycles. The van der Waals surface area contributed by atoms with E-state index in [1.165, 1.54) is 12.8 Å². The molecule has 1 aliphatic carbocycles. The molecule has 0 radical (unpaired) electrons. The number of pyridine rings is 1. The molecule has 2 aromatic carbocycles. The zero-order valence-corrected chi connectivity index (χ0v) is 16.3. The summed E-state index contributed by atoms with van der Waals surface area (Å²) in [6.45, 7) is 0.946. The molecule has 0 saturated heterocycles. The number of ether oxygens (including phenoxy) is 1. The fourth-order valence-electron chi connectivity index (χ4n) is 3.43. The second kappa shape index (κ2) is 7.51. The molecule has 0 aliphatic heterocycles. The number of rotatable bonds is 6. The Bertz CT molecular complexity index is 1160. The van der Waals surface area contributed by atoms with E-state index in [1.807, 2.05) is 30.3 Å². The Morgan fingerprint density at radius 1 is 0.966 bits per heavy atom. The molecule has 0 amide bonds. The lowest BCUT2D eigenvalue weighted by molar-refractivity contribution is 0.415. The van der Waals surface area contributed by atoms with E-state index in [9.17, 15) is 0 Å². The minimum absolute atomic E-state index is 0.693. The van der Waals surface area contributed by atoms with Gasteiger partial charge >= 0.3 is 0 Å². The Morgan fingerprint density at radius 2 is 1.83 bits per heavy atom. The standard InChI is InChI=1S/C24H22N4O/c1-29-20-6-2-4-17(12-20)18-9-10-22-21(13-18)24(26-14-16-7-8-16)28-23(27-22)19-5-3-11-25-15-19/h2-6,9-13,15-16H,7-8,14H2,1H3,(H,26,27,28). The van der Waals surface area contributed by atoms with Crippen LogP contribution in [-0.4, -0.2) is 28.6 Å². The van der Waals surface area contributed by atoms with Crippen LogP contribution in [0.1, 0.15) is 12.8 Å². The van der Waals surface area contributed by atoms with Gasteiger partial charge in [0.25, 0.3) is 0 Å². The van der Waals surface area contributed by atoms with Crippen molar-refractivity contribution in [3.05, 3.63) is 67.0 Å². The van der Waals surface area contributed by atoms with Crippen LogP contribution in [0.2, 0.25) is 0 Å². The number of nitrogens with one attached hydrogen (secondary N) is 1. The van der Waals surface area contributed by atoms with Crippen molar-refractivity contribution in [2.75, 3.05) is 19.0 Å². The number of fused-ring (bicyclic) bond motifs is 1. The monoisotopic (exact) mass is 382 g/mol. The van der Waals surface area contributed by atoms with Gasteiger partial charge in [-0.05, 0) is 66.3 Å². The molecule has 5 nitrogen and oxygen atoms in total. The number of benzene rings is 2. The van der Waals surface area contributed by atoms with Crippen molar-refractivity contribution < 1.29 is 4.74 Å². The summed E-state index contributed by atoms with van der Waals surface area (Å²) >= 11 is 0. The average Bonchev–Trinajstić information content (AvgIpc) is 3.62. The van der Waals surface area contributed by atoms with Gasteiger partial charge in [-0.3, -0.25) is 4.98 Å².